The van der Waals surface area contributed by atoms with E-state index in [1.807, 2.05) is 0 Å². The summed E-state index contributed by atoms with van der Waals surface area (Å²) < 4.78 is 0. The van der Waals surface area contributed by atoms with E-state index in [2.05, 4.69) is 44.1 Å². The molecule has 0 amide bonds. The zero-order chi connectivity index (χ0) is 15.5. The van der Waals surface area contributed by atoms with Crippen LogP contribution in [0.5, 0.6) is 0 Å². The Kier molecular flexibility index (Phi) is 5.76. The van der Waals surface area contributed by atoms with E-state index >= 15 is 0 Å². The SMILES string of the molecule is C=C(C(C)C)N1CCC2(CCN(CCC(C)C)CC2)CC1. The smallest absolute Gasteiger partial charge is 0.0180 e. The third-order valence-electron chi connectivity index (χ3n) is 5.84. The second-order valence-corrected chi connectivity index (χ2v) is 8.16. The largest absolute Gasteiger partial charge is 0.375 e. The van der Waals surface area contributed by atoms with Crippen LogP contribution >= 0.6 is 0 Å². The van der Waals surface area contributed by atoms with Crippen LogP contribution < -0.4 is 0 Å². The van der Waals surface area contributed by atoms with Crippen LogP contribution in [0.25, 0.3) is 0 Å². The fourth-order valence-corrected chi connectivity index (χ4v) is 3.83. The topological polar surface area (TPSA) is 6.48 Å². The standard InChI is InChI=1S/C19H36N2/c1-16(2)6-11-20-12-7-19(8-13-20)9-14-21(15-10-19)18(5)17(3)4/h16-17H,5-15H2,1-4H3. The molecule has 0 N–H and O–H groups in total. The minimum Gasteiger partial charge on any atom is -0.375 e. The van der Waals surface area contributed by atoms with Gasteiger partial charge in [-0.05, 0) is 69.0 Å². The normalized spacial score (nSPS) is 23.2. The van der Waals surface area contributed by atoms with Gasteiger partial charge in [-0.3, -0.25) is 0 Å². The Morgan fingerprint density at radius 1 is 0.952 bits per heavy atom. The van der Waals surface area contributed by atoms with Gasteiger partial charge in [-0.25, -0.2) is 0 Å². The lowest BCUT2D eigenvalue weighted by Gasteiger charge is -2.48. The molecule has 0 aliphatic carbocycles. The molecule has 0 aromatic heterocycles. The van der Waals surface area contributed by atoms with Gasteiger partial charge in [0.1, 0.15) is 0 Å². The number of piperidine rings is 2. The number of hydrogen-bond acceptors (Lipinski definition) is 2. The summed E-state index contributed by atoms with van der Waals surface area (Å²) in [7, 11) is 0. The fourth-order valence-electron chi connectivity index (χ4n) is 3.83. The number of rotatable bonds is 5. The molecule has 1 spiro atoms. The van der Waals surface area contributed by atoms with Crippen molar-refractivity contribution in [2.75, 3.05) is 32.7 Å². The monoisotopic (exact) mass is 292 g/mol. The molecule has 0 aromatic rings. The molecule has 2 saturated heterocycles. The summed E-state index contributed by atoms with van der Waals surface area (Å²) in [5.74, 6) is 1.43. The van der Waals surface area contributed by atoms with Crippen LogP contribution in [-0.4, -0.2) is 42.5 Å². The molecule has 2 heteroatoms. The van der Waals surface area contributed by atoms with Crippen molar-refractivity contribution in [1.82, 2.24) is 9.80 Å². The maximum Gasteiger partial charge on any atom is 0.0180 e. The zero-order valence-electron chi connectivity index (χ0n) is 14.8. The zero-order valence-corrected chi connectivity index (χ0v) is 14.8. The Morgan fingerprint density at radius 2 is 1.48 bits per heavy atom. The molecule has 2 nitrogen and oxygen atoms in total. The van der Waals surface area contributed by atoms with E-state index in [1.54, 1.807) is 0 Å². The van der Waals surface area contributed by atoms with Gasteiger partial charge in [-0.1, -0.05) is 34.3 Å². The van der Waals surface area contributed by atoms with Gasteiger partial charge < -0.3 is 9.80 Å². The maximum atomic E-state index is 4.28. The molecule has 0 atom stereocenters. The number of hydrogen-bond donors (Lipinski definition) is 0. The summed E-state index contributed by atoms with van der Waals surface area (Å²) in [5, 5.41) is 0. The first-order valence-corrected chi connectivity index (χ1v) is 9.08. The molecule has 2 aliphatic heterocycles. The van der Waals surface area contributed by atoms with Crippen LogP contribution in [0.4, 0.5) is 0 Å². The first-order chi connectivity index (χ1) is 9.92. The van der Waals surface area contributed by atoms with Crippen LogP contribution in [-0.2, 0) is 0 Å². The highest BCUT2D eigenvalue weighted by Crippen LogP contribution is 2.42. The first kappa shape index (κ1) is 16.9. The summed E-state index contributed by atoms with van der Waals surface area (Å²) in [4.78, 5) is 5.24. The van der Waals surface area contributed by atoms with E-state index < -0.39 is 0 Å². The van der Waals surface area contributed by atoms with Gasteiger partial charge in [0, 0.05) is 18.8 Å². The summed E-state index contributed by atoms with van der Waals surface area (Å²) in [6, 6.07) is 0. The van der Waals surface area contributed by atoms with E-state index in [0.717, 1.165) is 5.92 Å². The Bertz CT molecular complexity index is 327. The van der Waals surface area contributed by atoms with Gasteiger partial charge in [0.05, 0.1) is 0 Å². The molecule has 21 heavy (non-hydrogen) atoms. The first-order valence-electron chi connectivity index (χ1n) is 9.08. The molecule has 2 heterocycles. The molecular weight excluding hydrogens is 256 g/mol. The Morgan fingerprint density at radius 3 is 1.95 bits per heavy atom. The predicted molar refractivity (Wildman–Crippen MR) is 92.3 cm³/mol. The second kappa shape index (κ2) is 7.17. The molecule has 2 aliphatic rings. The highest BCUT2D eigenvalue weighted by Gasteiger charge is 2.37. The Balaban J connectivity index is 1.76. The predicted octanol–water partition coefficient (Wildman–Crippen LogP) is 4.38. The Hall–Kier alpha value is -0.500. The molecule has 2 fully saturated rings. The van der Waals surface area contributed by atoms with Crippen LogP contribution in [0.1, 0.15) is 59.8 Å². The van der Waals surface area contributed by atoms with Gasteiger partial charge in [0.25, 0.3) is 0 Å². The average molecular weight is 293 g/mol. The van der Waals surface area contributed by atoms with E-state index in [1.165, 1.54) is 70.5 Å². The van der Waals surface area contributed by atoms with Crippen molar-refractivity contribution >= 4 is 0 Å². The minimum absolute atomic E-state index is 0.594. The summed E-state index contributed by atoms with van der Waals surface area (Å²) >= 11 is 0. The fraction of sp³-hybridized carbons (Fsp3) is 0.895. The molecule has 2 rings (SSSR count). The van der Waals surface area contributed by atoms with Crippen LogP contribution in [0.3, 0.4) is 0 Å². The maximum absolute atomic E-state index is 4.28. The molecule has 0 aromatic carbocycles. The number of likely N-dealkylation sites (tertiary alicyclic amines) is 2. The summed E-state index contributed by atoms with van der Waals surface area (Å²) in [6.07, 6.45) is 6.97. The highest BCUT2D eigenvalue weighted by atomic mass is 15.2. The third-order valence-corrected chi connectivity index (χ3v) is 5.84. The molecule has 0 unspecified atom stereocenters. The molecule has 0 bridgehead atoms. The number of allylic oxidation sites excluding steroid dienone is 1. The van der Waals surface area contributed by atoms with Gasteiger partial charge >= 0.3 is 0 Å². The van der Waals surface area contributed by atoms with Crippen LogP contribution in [0.15, 0.2) is 12.3 Å². The van der Waals surface area contributed by atoms with Crippen molar-refractivity contribution in [3.05, 3.63) is 12.3 Å². The van der Waals surface area contributed by atoms with Gasteiger partial charge in [0.2, 0.25) is 0 Å². The molecular formula is C19H36N2. The van der Waals surface area contributed by atoms with E-state index in [-0.39, 0.29) is 0 Å². The molecule has 0 radical (unpaired) electrons. The highest BCUT2D eigenvalue weighted by molar-refractivity contribution is 5.01. The van der Waals surface area contributed by atoms with E-state index in [0.29, 0.717) is 11.3 Å². The van der Waals surface area contributed by atoms with Gasteiger partial charge in [0.15, 0.2) is 0 Å². The lowest BCUT2D eigenvalue weighted by molar-refractivity contribution is 0.0412. The van der Waals surface area contributed by atoms with Crippen molar-refractivity contribution < 1.29 is 0 Å². The third kappa shape index (κ3) is 4.48. The van der Waals surface area contributed by atoms with Gasteiger partial charge in [-0.2, -0.15) is 0 Å². The van der Waals surface area contributed by atoms with Crippen LogP contribution in [0.2, 0.25) is 0 Å². The average Bonchev–Trinajstić information content (AvgIpc) is 2.47. The van der Waals surface area contributed by atoms with E-state index in [4.69, 9.17) is 0 Å². The van der Waals surface area contributed by atoms with E-state index in [9.17, 15) is 0 Å². The molecule has 122 valence electrons. The van der Waals surface area contributed by atoms with Gasteiger partial charge in [-0.15, -0.1) is 0 Å². The van der Waals surface area contributed by atoms with Crippen molar-refractivity contribution in [2.24, 2.45) is 17.3 Å². The van der Waals surface area contributed by atoms with Crippen LogP contribution in [0, 0.1) is 17.3 Å². The van der Waals surface area contributed by atoms with Crippen molar-refractivity contribution in [2.45, 2.75) is 59.8 Å². The lowest BCUT2D eigenvalue weighted by atomic mass is 9.71. The number of nitrogens with zero attached hydrogens (tertiary/aromatic N) is 2. The summed E-state index contributed by atoms with van der Waals surface area (Å²) in [5.41, 5.74) is 2.00. The summed E-state index contributed by atoms with van der Waals surface area (Å²) in [6.45, 7) is 19.9. The van der Waals surface area contributed by atoms with Crippen molar-refractivity contribution in [1.29, 1.82) is 0 Å². The molecule has 0 saturated carbocycles. The minimum atomic E-state index is 0.594. The Labute approximate surface area is 132 Å². The van der Waals surface area contributed by atoms with Crippen molar-refractivity contribution in [3.8, 4) is 0 Å². The van der Waals surface area contributed by atoms with Crippen molar-refractivity contribution in [3.63, 3.8) is 0 Å². The quantitative estimate of drug-likeness (QED) is 0.742. The lowest BCUT2D eigenvalue weighted by Crippen LogP contribution is -2.47. The second-order valence-electron chi connectivity index (χ2n) is 8.16.